The van der Waals surface area contributed by atoms with Crippen LogP contribution in [0.5, 0.6) is 0 Å². The average molecular weight is 261 g/mol. The molecule has 0 radical (unpaired) electrons. The lowest BCUT2D eigenvalue weighted by Crippen LogP contribution is -2.44. The summed E-state index contributed by atoms with van der Waals surface area (Å²) in [5, 5.41) is 3.02. The summed E-state index contributed by atoms with van der Waals surface area (Å²) >= 11 is 0. The first-order valence-electron chi connectivity index (χ1n) is 6.14. The molecular formula is C11H19NO4S. The normalized spacial score (nSPS) is 32.4. The summed E-state index contributed by atoms with van der Waals surface area (Å²) in [6, 6.07) is 0.631. The first kappa shape index (κ1) is 12.8. The Labute approximate surface area is 102 Å². The summed E-state index contributed by atoms with van der Waals surface area (Å²) < 4.78 is 28.8. The van der Waals surface area contributed by atoms with E-state index in [1.807, 2.05) is 0 Å². The zero-order chi connectivity index (χ0) is 12.5. The van der Waals surface area contributed by atoms with Crippen molar-refractivity contribution in [2.24, 2.45) is 0 Å². The number of sulfone groups is 1. The number of hydrogen-bond donors (Lipinski definition) is 1. The highest BCUT2D eigenvalue weighted by atomic mass is 32.2. The van der Waals surface area contributed by atoms with Gasteiger partial charge in [-0.3, -0.25) is 4.79 Å². The van der Waals surface area contributed by atoms with Crippen molar-refractivity contribution in [1.82, 2.24) is 5.32 Å². The molecule has 2 saturated heterocycles. The molecule has 2 aliphatic heterocycles. The number of carbonyl (C=O) groups excluding carboxylic acids is 1. The maximum Gasteiger partial charge on any atom is 0.321 e. The summed E-state index contributed by atoms with van der Waals surface area (Å²) in [5.74, 6) is -1.09. The Kier molecular flexibility index (Phi) is 3.73. The van der Waals surface area contributed by atoms with Gasteiger partial charge in [-0.2, -0.15) is 0 Å². The molecule has 2 unspecified atom stereocenters. The Morgan fingerprint density at radius 2 is 1.88 bits per heavy atom. The molecule has 0 aromatic heterocycles. The van der Waals surface area contributed by atoms with Crippen LogP contribution in [-0.4, -0.2) is 44.1 Å². The smallest absolute Gasteiger partial charge is 0.321 e. The Morgan fingerprint density at radius 1 is 1.29 bits per heavy atom. The van der Waals surface area contributed by atoms with E-state index in [2.05, 4.69) is 5.32 Å². The van der Waals surface area contributed by atoms with Gasteiger partial charge in [-0.25, -0.2) is 8.42 Å². The number of rotatable bonds is 4. The van der Waals surface area contributed by atoms with Gasteiger partial charge in [0.15, 0.2) is 9.84 Å². The van der Waals surface area contributed by atoms with Gasteiger partial charge in [0.05, 0.1) is 11.9 Å². The minimum atomic E-state index is -3.35. The van der Waals surface area contributed by atoms with Gasteiger partial charge in [0.25, 0.3) is 0 Å². The van der Waals surface area contributed by atoms with E-state index in [4.69, 9.17) is 4.74 Å². The van der Waals surface area contributed by atoms with E-state index in [9.17, 15) is 13.2 Å². The molecule has 0 spiro atoms. The summed E-state index contributed by atoms with van der Waals surface area (Å²) in [5.41, 5.74) is 0. The molecule has 98 valence electrons. The van der Waals surface area contributed by atoms with Crippen molar-refractivity contribution < 1.29 is 17.9 Å². The van der Waals surface area contributed by atoms with Gasteiger partial charge < -0.3 is 10.1 Å². The fourth-order valence-corrected chi connectivity index (χ4v) is 4.48. The molecule has 5 nitrogen and oxygen atoms in total. The van der Waals surface area contributed by atoms with E-state index in [0.29, 0.717) is 24.9 Å². The maximum atomic E-state index is 12.1. The zero-order valence-electron chi connectivity index (χ0n) is 10.0. The molecule has 2 fully saturated rings. The van der Waals surface area contributed by atoms with E-state index in [1.165, 1.54) is 0 Å². The number of ether oxygens (including phenoxy) is 1. The summed E-state index contributed by atoms with van der Waals surface area (Å²) in [6.07, 6.45) is 3.38. The minimum Gasteiger partial charge on any atom is -0.465 e. The van der Waals surface area contributed by atoms with Crippen molar-refractivity contribution in [3.8, 4) is 0 Å². The largest absolute Gasteiger partial charge is 0.465 e. The van der Waals surface area contributed by atoms with Crippen molar-refractivity contribution in [2.45, 2.75) is 49.9 Å². The third kappa shape index (κ3) is 2.98. The molecule has 2 atom stereocenters. The first-order valence-corrected chi connectivity index (χ1v) is 7.86. The summed E-state index contributed by atoms with van der Waals surface area (Å²) in [7, 11) is -3.35. The van der Waals surface area contributed by atoms with Crippen LogP contribution in [0.25, 0.3) is 0 Å². The third-order valence-corrected chi connectivity index (χ3v) is 5.60. The molecule has 0 amide bonds. The van der Waals surface area contributed by atoms with Gasteiger partial charge >= 0.3 is 5.97 Å². The Morgan fingerprint density at radius 3 is 2.41 bits per heavy atom. The SMILES string of the molecule is CCOC(=O)CS(=O)(=O)C1CC2CCC(C1)N2. The monoisotopic (exact) mass is 261 g/mol. The lowest BCUT2D eigenvalue weighted by molar-refractivity contribution is -0.139. The van der Waals surface area contributed by atoms with Crippen LogP contribution in [-0.2, 0) is 19.4 Å². The molecule has 1 N–H and O–H groups in total. The van der Waals surface area contributed by atoms with Crippen LogP contribution in [0.15, 0.2) is 0 Å². The molecular weight excluding hydrogens is 242 g/mol. The van der Waals surface area contributed by atoms with Gasteiger partial charge in [0.2, 0.25) is 0 Å². The molecule has 17 heavy (non-hydrogen) atoms. The quantitative estimate of drug-likeness (QED) is 0.734. The standard InChI is InChI=1S/C11H19NO4S/c1-2-16-11(13)7-17(14,15)10-5-8-3-4-9(6-10)12-8/h8-10,12H,2-7H2,1H3. The average Bonchev–Trinajstić information content (AvgIpc) is 2.57. The minimum absolute atomic E-state index is 0.228. The van der Waals surface area contributed by atoms with Crippen LogP contribution in [0.3, 0.4) is 0 Å². The second kappa shape index (κ2) is 4.94. The second-order valence-corrected chi connectivity index (χ2v) is 7.12. The fraction of sp³-hybridized carbons (Fsp3) is 0.909. The lowest BCUT2D eigenvalue weighted by Gasteiger charge is -2.28. The number of hydrogen-bond acceptors (Lipinski definition) is 5. The topological polar surface area (TPSA) is 72.5 Å². The number of carbonyl (C=O) groups is 1. The Hall–Kier alpha value is -0.620. The van der Waals surface area contributed by atoms with Crippen molar-refractivity contribution in [1.29, 1.82) is 0 Å². The van der Waals surface area contributed by atoms with Crippen LogP contribution >= 0.6 is 0 Å². The van der Waals surface area contributed by atoms with Gasteiger partial charge in [0.1, 0.15) is 5.75 Å². The third-order valence-electron chi connectivity index (χ3n) is 3.56. The molecule has 2 bridgehead atoms. The molecule has 2 rings (SSSR count). The van der Waals surface area contributed by atoms with Crippen molar-refractivity contribution >= 4 is 15.8 Å². The van der Waals surface area contributed by atoms with Crippen LogP contribution in [0, 0.1) is 0 Å². The Bertz CT molecular complexity index is 380. The van der Waals surface area contributed by atoms with E-state index in [1.54, 1.807) is 6.92 Å². The molecule has 2 aliphatic rings. The van der Waals surface area contributed by atoms with Gasteiger partial charge in [-0.05, 0) is 32.6 Å². The van der Waals surface area contributed by atoms with E-state index < -0.39 is 21.6 Å². The van der Waals surface area contributed by atoms with Gasteiger partial charge in [-0.1, -0.05) is 0 Å². The molecule has 0 saturated carbocycles. The van der Waals surface area contributed by atoms with E-state index in [-0.39, 0.29) is 11.9 Å². The van der Waals surface area contributed by atoms with Crippen molar-refractivity contribution in [2.75, 3.05) is 12.4 Å². The lowest BCUT2D eigenvalue weighted by atomic mass is 10.1. The Balaban J connectivity index is 1.98. The predicted molar refractivity (Wildman–Crippen MR) is 63.4 cm³/mol. The highest BCUT2D eigenvalue weighted by Crippen LogP contribution is 2.30. The van der Waals surface area contributed by atoms with Crippen LogP contribution in [0.4, 0.5) is 0 Å². The molecule has 6 heteroatoms. The highest BCUT2D eigenvalue weighted by molar-refractivity contribution is 7.92. The van der Waals surface area contributed by atoms with E-state index >= 15 is 0 Å². The van der Waals surface area contributed by atoms with Gasteiger partial charge in [-0.15, -0.1) is 0 Å². The molecule has 0 aromatic carbocycles. The number of piperidine rings is 1. The highest BCUT2D eigenvalue weighted by Gasteiger charge is 2.40. The number of fused-ring (bicyclic) bond motifs is 2. The van der Waals surface area contributed by atoms with Crippen LogP contribution < -0.4 is 5.32 Å². The van der Waals surface area contributed by atoms with Crippen LogP contribution in [0.2, 0.25) is 0 Å². The van der Waals surface area contributed by atoms with Crippen molar-refractivity contribution in [3.63, 3.8) is 0 Å². The van der Waals surface area contributed by atoms with Crippen molar-refractivity contribution in [3.05, 3.63) is 0 Å². The molecule has 0 aromatic rings. The summed E-state index contributed by atoms with van der Waals surface area (Å²) in [6.45, 7) is 1.90. The van der Waals surface area contributed by atoms with E-state index in [0.717, 1.165) is 12.8 Å². The summed E-state index contributed by atoms with van der Waals surface area (Å²) in [4.78, 5) is 11.3. The number of nitrogens with one attached hydrogen (secondary N) is 1. The number of esters is 1. The fourth-order valence-electron chi connectivity index (χ4n) is 2.78. The van der Waals surface area contributed by atoms with Gasteiger partial charge in [0, 0.05) is 12.1 Å². The predicted octanol–water partition coefficient (Wildman–Crippen LogP) is 0.247. The zero-order valence-corrected chi connectivity index (χ0v) is 10.8. The van der Waals surface area contributed by atoms with Crippen LogP contribution in [0.1, 0.15) is 32.6 Å². The molecule has 0 aliphatic carbocycles. The maximum absolute atomic E-state index is 12.1. The second-order valence-electron chi connectivity index (χ2n) is 4.84. The first-order chi connectivity index (χ1) is 8.01. The molecule has 2 heterocycles.